The number of fused-ring (bicyclic) bond motifs is 1. The van der Waals surface area contributed by atoms with Crippen molar-refractivity contribution in [2.75, 3.05) is 7.11 Å². The van der Waals surface area contributed by atoms with Gasteiger partial charge < -0.3 is 9.72 Å². The third kappa shape index (κ3) is 2.47. The maximum Gasteiger partial charge on any atom is 0.182 e. The van der Waals surface area contributed by atoms with Crippen LogP contribution in [0.15, 0.2) is 42.5 Å². The number of hydrogen-bond donors (Lipinski definition) is 1. The predicted molar refractivity (Wildman–Crippen MR) is 89.0 cm³/mol. The number of H-pyrrole nitrogens is 1. The van der Waals surface area contributed by atoms with E-state index in [4.69, 9.17) is 17.0 Å². The topological polar surface area (TPSA) is 29.9 Å². The van der Waals surface area contributed by atoms with Gasteiger partial charge in [0.05, 0.1) is 23.8 Å². The molecule has 108 valence electrons. The number of ether oxygens (including phenoxy) is 1. The van der Waals surface area contributed by atoms with Crippen molar-refractivity contribution in [2.24, 2.45) is 0 Å². The molecular weight excluding hydrogens is 280 g/mol. The number of aryl methyl sites for hydroxylation is 1. The monoisotopic (exact) mass is 298 g/mol. The average molecular weight is 298 g/mol. The van der Waals surface area contributed by atoms with E-state index in [1.54, 1.807) is 7.11 Å². The smallest absolute Gasteiger partial charge is 0.182 e. The number of nitrogens with zero attached hydrogens (tertiary/aromatic N) is 1. The van der Waals surface area contributed by atoms with Crippen LogP contribution in [0.3, 0.4) is 0 Å². The van der Waals surface area contributed by atoms with Crippen LogP contribution >= 0.6 is 12.2 Å². The second-order valence-electron chi connectivity index (χ2n) is 5.03. The maximum absolute atomic E-state index is 5.52. The Balaban J connectivity index is 2.26. The summed E-state index contributed by atoms with van der Waals surface area (Å²) in [5.41, 5.74) is 4.53. The molecule has 1 aromatic heterocycles. The summed E-state index contributed by atoms with van der Waals surface area (Å²) in [5.74, 6) is 0.827. The lowest BCUT2D eigenvalue weighted by Crippen LogP contribution is -1.99. The summed E-state index contributed by atoms with van der Waals surface area (Å²) >= 11 is 5.52. The minimum absolute atomic E-state index is 0.710. The van der Waals surface area contributed by atoms with Gasteiger partial charge in [0.15, 0.2) is 4.77 Å². The number of para-hydroxylation sites is 1. The van der Waals surface area contributed by atoms with Gasteiger partial charge in [0.2, 0.25) is 0 Å². The van der Waals surface area contributed by atoms with Crippen LogP contribution in [0.2, 0.25) is 0 Å². The SMILES string of the molecule is CCCc1ccccc1-n1c(=S)[nH]c2cc(OC)ccc21. The Kier molecular flexibility index (Phi) is 3.80. The summed E-state index contributed by atoms with van der Waals surface area (Å²) < 4.78 is 8.09. The average Bonchev–Trinajstić information content (AvgIpc) is 2.83. The molecule has 0 aliphatic heterocycles. The number of nitrogens with one attached hydrogen (secondary N) is 1. The first-order valence-electron chi connectivity index (χ1n) is 7.11. The maximum atomic E-state index is 5.52. The minimum Gasteiger partial charge on any atom is -0.497 e. The number of methoxy groups -OCH3 is 1. The number of hydrogen-bond acceptors (Lipinski definition) is 2. The number of rotatable bonds is 4. The molecule has 0 saturated carbocycles. The summed E-state index contributed by atoms with van der Waals surface area (Å²) in [5, 5.41) is 0. The Morgan fingerprint density at radius 3 is 2.76 bits per heavy atom. The highest BCUT2D eigenvalue weighted by atomic mass is 32.1. The second-order valence-corrected chi connectivity index (χ2v) is 5.41. The summed E-state index contributed by atoms with van der Waals surface area (Å²) in [6, 6.07) is 14.4. The van der Waals surface area contributed by atoms with Crippen LogP contribution in [0.4, 0.5) is 0 Å². The summed E-state index contributed by atoms with van der Waals surface area (Å²) in [7, 11) is 1.67. The number of aromatic nitrogens is 2. The molecule has 0 fully saturated rings. The Labute approximate surface area is 129 Å². The third-order valence-electron chi connectivity index (χ3n) is 3.64. The highest BCUT2D eigenvalue weighted by molar-refractivity contribution is 7.71. The molecule has 1 heterocycles. The van der Waals surface area contributed by atoms with Gasteiger partial charge in [0.25, 0.3) is 0 Å². The zero-order valence-electron chi connectivity index (χ0n) is 12.2. The molecular formula is C17H18N2OS. The summed E-state index contributed by atoms with van der Waals surface area (Å²) in [6.45, 7) is 2.19. The summed E-state index contributed by atoms with van der Waals surface area (Å²) in [6.07, 6.45) is 2.15. The molecule has 0 saturated heterocycles. The quantitative estimate of drug-likeness (QED) is 0.711. The number of imidazole rings is 1. The van der Waals surface area contributed by atoms with E-state index in [1.165, 1.54) is 5.56 Å². The predicted octanol–water partition coefficient (Wildman–Crippen LogP) is 4.65. The van der Waals surface area contributed by atoms with E-state index in [0.717, 1.165) is 35.3 Å². The molecule has 3 aromatic rings. The fourth-order valence-electron chi connectivity index (χ4n) is 2.67. The van der Waals surface area contributed by atoms with Crippen LogP contribution < -0.4 is 4.74 Å². The van der Waals surface area contributed by atoms with Gasteiger partial charge >= 0.3 is 0 Å². The van der Waals surface area contributed by atoms with Gasteiger partial charge in [-0.1, -0.05) is 31.5 Å². The van der Waals surface area contributed by atoms with Crippen LogP contribution in [-0.2, 0) is 6.42 Å². The molecule has 4 heteroatoms. The van der Waals surface area contributed by atoms with E-state index in [9.17, 15) is 0 Å². The highest BCUT2D eigenvalue weighted by Gasteiger charge is 2.10. The van der Waals surface area contributed by atoms with Crippen molar-refractivity contribution in [3.63, 3.8) is 0 Å². The van der Waals surface area contributed by atoms with Crippen LogP contribution in [0.25, 0.3) is 16.7 Å². The third-order valence-corrected chi connectivity index (χ3v) is 3.93. The Morgan fingerprint density at radius 1 is 1.19 bits per heavy atom. The van der Waals surface area contributed by atoms with E-state index in [0.29, 0.717) is 4.77 Å². The van der Waals surface area contributed by atoms with Crippen molar-refractivity contribution in [3.8, 4) is 11.4 Å². The Morgan fingerprint density at radius 2 is 2.00 bits per heavy atom. The van der Waals surface area contributed by atoms with E-state index < -0.39 is 0 Å². The van der Waals surface area contributed by atoms with Crippen molar-refractivity contribution < 1.29 is 4.74 Å². The zero-order chi connectivity index (χ0) is 14.8. The van der Waals surface area contributed by atoms with Gasteiger partial charge in [-0.3, -0.25) is 4.57 Å². The van der Waals surface area contributed by atoms with Gasteiger partial charge in [-0.05, 0) is 42.4 Å². The first kappa shape index (κ1) is 13.9. The van der Waals surface area contributed by atoms with Crippen molar-refractivity contribution >= 4 is 23.3 Å². The fraction of sp³-hybridized carbons (Fsp3) is 0.235. The van der Waals surface area contributed by atoms with Crippen LogP contribution in [0.1, 0.15) is 18.9 Å². The molecule has 0 radical (unpaired) electrons. The van der Waals surface area contributed by atoms with Crippen LogP contribution in [0.5, 0.6) is 5.75 Å². The van der Waals surface area contributed by atoms with Crippen molar-refractivity contribution in [1.29, 1.82) is 0 Å². The van der Waals surface area contributed by atoms with Crippen LogP contribution in [0, 0.1) is 4.77 Å². The van der Waals surface area contributed by atoms with E-state index in [2.05, 4.69) is 40.7 Å². The van der Waals surface area contributed by atoms with Gasteiger partial charge in [0, 0.05) is 6.07 Å². The van der Waals surface area contributed by atoms with Crippen molar-refractivity contribution in [2.45, 2.75) is 19.8 Å². The lowest BCUT2D eigenvalue weighted by molar-refractivity contribution is 0.415. The fourth-order valence-corrected chi connectivity index (χ4v) is 2.97. The first-order chi connectivity index (χ1) is 10.2. The lowest BCUT2D eigenvalue weighted by atomic mass is 10.1. The largest absolute Gasteiger partial charge is 0.497 e. The molecule has 3 nitrogen and oxygen atoms in total. The van der Waals surface area contributed by atoms with Crippen molar-refractivity contribution in [3.05, 3.63) is 52.8 Å². The molecule has 0 spiro atoms. The molecule has 2 aromatic carbocycles. The normalized spacial score (nSPS) is 11.0. The van der Waals surface area contributed by atoms with Gasteiger partial charge in [-0.15, -0.1) is 0 Å². The van der Waals surface area contributed by atoms with Crippen molar-refractivity contribution in [1.82, 2.24) is 9.55 Å². The van der Waals surface area contributed by atoms with Gasteiger partial charge in [-0.2, -0.15) is 0 Å². The molecule has 0 bridgehead atoms. The number of benzene rings is 2. The molecule has 21 heavy (non-hydrogen) atoms. The second kappa shape index (κ2) is 5.74. The van der Waals surface area contributed by atoms with Crippen LogP contribution in [-0.4, -0.2) is 16.7 Å². The first-order valence-corrected chi connectivity index (χ1v) is 7.52. The molecule has 0 aliphatic rings. The molecule has 3 rings (SSSR count). The Bertz CT molecular complexity index is 832. The Hall–Kier alpha value is -2.07. The standard InChI is InChI=1S/C17H18N2OS/c1-3-6-12-7-4-5-8-15(12)19-16-10-9-13(20-2)11-14(16)18-17(19)21/h4-5,7-11H,3,6H2,1-2H3,(H,18,21). The zero-order valence-corrected chi connectivity index (χ0v) is 13.0. The lowest BCUT2D eigenvalue weighted by Gasteiger charge is -2.11. The molecule has 0 atom stereocenters. The van der Waals surface area contributed by atoms with E-state index in [1.807, 2.05) is 18.2 Å². The van der Waals surface area contributed by atoms with E-state index >= 15 is 0 Å². The minimum atomic E-state index is 0.710. The molecule has 0 amide bonds. The van der Waals surface area contributed by atoms with E-state index in [-0.39, 0.29) is 0 Å². The van der Waals surface area contributed by atoms with Gasteiger partial charge in [-0.25, -0.2) is 0 Å². The molecule has 0 unspecified atom stereocenters. The number of aromatic amines is 1. The molecule has 0 aliphatic carbocycles. The van der Waals surface area contributed by atoms with Gasteiger partial charge in [0.1, 0.15) is 5.75 Å². The summed E-state index contributed by atoms with van der Waals surface area (Å²) in [4.78, 5) is 3.27. The molecule has 1 N–H and O–H groups in total. The highest BCUT2D eigenvalue weighted by Crippen LogP contribution is 2.25.